The van der Waals surface area contributed by atoms with Crippen LogP contribution >= 0.6 is 15.9 Å². The van der Waals surface area contributed by atoms with E-state index in [2.05, 4.69) is 21.2 Å². The summed E-state index contributed by atoms with van der Waals surface area (Å²) < 4.78 is 33.7. The monoisotopic (exact) mass is 466 g/mol. The van der Waals surface area contributed by atoms with E-state index >= 15 is 0 Å². The van der Waals surface area contributed by atoms with Crippen LogP contribution in [0, 0.1) is 0 Å². The Morgan fingerprint density at radius 2 is 1.86 bits per heavy atom. The fourth-order valence-corrected chi connectivity index (χ4v) is 5.15. The molecule has 0 atom stereocenters. The number of carbonyl (C=O) groups excluding carboxylic acids is 1. The Balaban J connectivity index is 1.93. The lowest BCUT2D eigenvalue weighted by Crippen LogP contribution is -2.35. The normalized spacial score (nSPS) is 15.2. The van der Waals surface area contributed by atoms with Crippen LogP contribution in [0.2, 0.25) is 0 Å². The standard InChI is InChI=1S/C20H23BrN2O4S/c1-2-27-19-11-10-15(28(25,26)23-12-6-3-7-13-23)14-18(19)22-20(24)16-8-4-5-9-17(16)21/h4-5,8-11,14H,2-3,6-7,12-13H2,1H3,(H,22,24). The molecule has 1 fully saturated rings. The summed E-state index contributed by atoms with van der Waals surface area (Å²) in [6.45, 7) is 3.27. The molecule has 0 unspecified atom stereocenters. The number of sulfonamides is 1. The van der Waals surface area contributed by atoms with Gasteiger partial charge in [-0.1, -0.05) is 18.6 Å². The molecule has 8 heteroatoms. The molecular weight excluding hydrogens is 444 g/mol. The molecule has 1 saturated heterocycles. The van der Waals surface area contributed by atoms with Crippen molar-refractivity contribution in [2.75, 3.05) is 25.0 Å². The summed E-state index contributed by atoms with van der Waals surface area (Å²) in [6, 6.07) is 11.6. The lowest BCUT2D eigenvalue weighted by atomic mass is 10.2. The van der Waals surface area contributed by atoms with Crippen LogP contribution in [0.4, 0.5) is 5.69 Å². The average Bonchev–Trinajstić information content (AvgIpc) is 2.70. The number of ether oxygens (including phenoxy) is 1. The number of nitrogens with zero attached hydrogens (tertiary/aromatic N) is 1. The van der Waals surface area contributed by atoms with Crippen molar-refractivity contribution in [1.29, 1.82) is 0 Å². The fraction of sp³-hybridized carbons (Fsp3) is 0.350. The van der Waals surface area contributed by atoms with Crippen LogP contribution < -0.4 is 10.1 Å². The van der Waals surface area contributed by atoms with Crippen LogP contribution in [0.3, 0.4) is 0 Å². The number of benzene rings is 2. The molecular formula is C20H23BrN2O4S. The van der Waals surface area contributed by atoms with E-state index in [0.717, 1.165) is 19.3 Å². The van der Waals surface area contributed by atoms with Gasteiger partial charge in [-0.25, -0.2) is 8.42 Å². The van der Waals surface area contributed by atoms with Gasteiger partial charge >= 0.3 is 0 Å². The smallest absolute Gasteiger partial charge is 0.256 e. The highest BCUT2D eigenvalue weighted by atomic mass is 79.9. The number of hydrogen-bond acceptors (Lipinski definition) is 4. The SMILES string of the molecule is CCOc1ccc(S(=O)(=O)N2CCCCC2)cc1NC(=O)c1ccccc1Br. The zero-order valence-corrected chi connectivity index (χ0v) is 18.1. The van der Waals surface area contributed by atoms with Crippen LogP contribution in [0.15, 0.2) is 51.8 Å². The zero-order chi connectivity index (χ0) is 20.1. The Morgan fingerprint density at radius 3 is 2.54 bits per heavy atom. The summed E-state index contributed by atoms with van der Waals surface area (Å²) in [6.07, 6.45) is 2.77. The van der Waals surface area contributed by atoms with Crippen LogP contribution in [-0.2, 0) is 10.0 Å². The summed E-state index contributed by atoms with van der Waals surface area (Å²) >= 11 is 3.36. The number of anilines is 1. The molecule has 0 aliphatic carbocycles. The molecule has 2 aromatic carbocycles. The maximum absolute atomic E-state index is 13.0. The molecule has 1 heterocycles. The molecule has 0 aromatic heterocycles. The van der Waals surface area contributed by atoms with E-state index < -0.39 is 10.0 Å². The molecule has 2 aromatic rings. The number of hydrogen-bond donors (Lipinski definition) is 1. The van der Waals surface area contributed by atoms with Crippen LogP contribution in [0.5, 0.6) is 5.75 Å². The highest BCUT2D eigenvalue weighted by molar-refractivity contribution is 9.10. The van der Waals surface area contributed by atoms with Gasteiger partial charge in [0.05, 0.1) is 22.8 Å². The fourth-order valence-electron chi connectivity index (χ4n) is 3.14. The molecule has 3 rings (SSSR count). The van der Waals surface area contributed by atoms with E-state index in [1.807, 2.05) is 13.0 Å². The van der Waals surface area contributed by atoms with E-state index in [4.69, 9.17) is 4.74 Å². The second kappa shape index (κ2) is 9.07. The van der Waals surface area contributed by atoms with Gasteiger partial charge in [0.25, 0.3) is 5.91 Å². The molecule has 0 spiro atoms. The Labute approximate surface area is 174 Å². The van der Waals surface area contributed by atoms with Crippen LogP contribution in [-0.4, -0.2) is 38.3 Å². The highest BCUT2D eigenvalue weighted by Crippen LogP contribution is 2.31. The van der Waals surface area contributed by atoms with Crippen molar-refractivity contribution >= 4 is 37.5 Å². The van der Waals surface area contributed by atoms with E-state index in [1.165, 1.54) is 16.4 Å². The first kappa shape index (κ1) is 20.8. The lowest BCUT2D eigenvalue weighted by Gasteiger charge is -2.26. The Morgan fingerprint density at radius 1 is 1.14 bits per heavy atom. The van der Waals surface area contributed by atoms with Gasteiger partial charge in [-0.2, -0.15) is 4.31 Å². The number of nitrogens with one attached hydrogen (secondary N) is 1. The first-order chi connectivity index (χ1) is 13.4. The van der Waals surface area contributed by atoms with Gasteiger partial charge in [0.15, 0.2) is 0 Å². The minimum Gasteiger partial charge on any atom is -0.492 e. The quantitative estimate of drug-likeness (QED) is 0.689. The van der Waals surface area contributed by atoms with Gasteiger partial charge in [-0.05, 0) is 66.0 Å². The largest absolute Gasteiger partial charge is 0.492 e. The molecule has 150 valence electrons. The van der Waals surface area contributed by atoms with E-state index in [0.29, 0.717) is 41.2 Å². The lowest BCUT2D eigenvalue weighted by molar-refractivity contribution is 0.102. The molecule has 1 aliphatic heterocycles. The second-order valence-electron chi connectivity index (χ2n) is 6.49. The average molecular weight is 467 g/mol. The first-order valence-electron chi connectivity index (χ1n) is 9.26. The van der Waals surface area contributed by atoms with Crippen molar-refractivity contribution in [3.63, 3.8) is 0 Å². The number of rotatable bonds is 6. The Bertz CT molecular complexity index is 956. The van der Waals surface area contributed by atoms with Crippen molar-refractivity contribution in [2.45, 2.75) is 31.1 Å². The van der Waals surface area contributed by atoms with Gasteiger partial charge in [-0.3, -0.25) is 4.79 Å². The topological polar surface area (TPSA) is 75.7 Å². The Hall–Kier alpha value is -1.90. The second-order valence-corrected chi connectivity index (χ2v) is 9.28. The predicted octanol–water partition coefficient (Wildman–Crippen LogP) is 4.27. The van der Waals surface area contributed by atoms with Crippen molar-refractivity contribution < 1.29 is 17.9 Å². The molecule has 0 saturated carbocycles. The first-order valence-corrected chi connectivity index (χ1v) is 11.5. The predicted molar refractivity (Wildman–Crippen MR) is 112 cm³/mol. The van der Waals surface area contributed by atoms with Crippen molar-refractivity contribution in [3.8, 4) is 5.75 Å². The number of amides is 1. The number of piperidine rings is 1. The third-order valence-corrected chi connectivity index (χ3v) is 7.16. The molecule has 0 radical (unpaired) electrons. The number of carbonyl (C=O) groups is 1. The van der Waals surface area contributed by atoms with Crippen molar-refractivity contribution in [3.05, 3.63) is 52.5 Å². The summed E-state index contributed by atoms with van der Waals surface area (Å²) in [7, 11) is -3.61. The van der Waals surface area contributed by atoms with Crippen molar-refractivity contribution in [2.24, 2.45) is 0 Å². The molecule has 1 aliphatic rings. The maximum atomic E-state index is 13.0. The van der Waals surface area contributed by atoms with Crippen molar-refractivity contribution in [1.82, 2.24) is 4.31 Å². The van der Waals surface area contributed by atoms with Gasteiger partial charge in [0.2, 0.25) is 10.0 Å². The molecule has 0 bridgehead atoms. The number of halogens is 1. The summed E-state index contributed by atoms with van der Waals surface area (Å²) in [5, 5.41) is 2.79. The van der Waals surface area contributed by atoms with Gasteiger partial charge in [0, 0.05) is 17.6 Å². The summed E-state index contributed by atoms with van der Waals surface area (Å²) in [4.78, 5) is 12.9. The van der Waals surface area contributed by atoms with Gasteiger partial charge < -0.3 is 10.1 Å². The summed E-state index contributed by atoms with van der Waals surface area (Å²) in [5.41, 5.74) is 0.787. The molecule has 1 N–H and O–H groups in total. The minimum absolute atomic E-state index is 0.153. The third-order valence-electron chi connectivity index (χ3n) is 4.57. The molecule has 1 amide bonds. The van der Waals surface area contributed by atoms with Gasteiger partial charge in [0.1, 0.15) is 5.75 Å². The highest BCUT2D eigenvalue weighted by Gasteiger charge is 2.27. The van der Waals surface area contributed by atoms with E-state index in [9.17, 15) is 13.2 Å². The van der Waals surface area contributed by atoms with Gasteiger partial charge in [-0.15, -0.1) is 0 Å². The summed E-state index contributed by atoms with van der Waals surface area (Å²) in [5.74, 6) is 0.0847. The zero-order valence-electron chi connectivity index (χ0n) is 15.7. The third kappa shape index (κ3) is 4.56. The van der Waals surface area contributed by atoms with Crippen LogP contribution in [0.25, 0.3) is 0 Å². The Kier molecular flexibility index (Phi) is 6.74. The van der Waals surface area contributed by atoms with Crippen LogP contribution in [0.1, 0.15) is 36.5 Å². The van der Waals surface area contributed by atoms with E-state index in [1.54, 1.807) is 24.3 Å². The molecule has 6 nitrogen and oxygen atoms in total. The minimum atomic E-state index is -3.61. The maximum Gasteiger partial charge on any atom is 0.256 e. The molecule has 28 heavy (non-hydrogen) atoms. The van der Waals surface area contributed by atoms with E-state index in [-0.39, 0.29) is 10.8 Å².